The van der Waals surface area contributed by atoms with Crippen LogP contribution in [0.25, 0.3) is 5.78 Å². The number of ether oxygens (including phenoxy) is 1. The van der Waals surface area contributed by atoms with Crippen LogP contribution in [-0.4, -0.2) is 47.9 Å². The van der Waals surface area contributed by atoms with Gasteiger partial charge in [-0.3, -0.25) is 9.20 Å². The van der Waals surface area contributed by atoms with E-state index in [0.717, 1.165) is 5.56 Å². The fraction of sp³-hybridized carbons (Fsp3) is 0.316. The first-order valence-corrected chi connectivity index (χ1v) is 10.8. The third-order valence-electron chi connectivity index (χ3n) is 4.74. The van der Waals surface area contributed by atoms with Gasteiger partial charge in [0.1, 0.15) is 0 Å². The third-order valence-corrected chi connectivity index (χ3v) is 6.27. The van der Waals surface area contributed by atoms with Crippen LogP contribution in [0.1, 0.15) is 28.8 Å². The summed E-state index contributed by atoms with van der Waals surface area (Å²) in [6.45, 7) is 1.40. The number of sulfonamides is 1. The van der Waals surface area contributed by atoms with Gasteiger partial charge in [-0.1, -0.05) is 12.1 Å². The first-order valence-electron chi connectivity index (χ1n) is 9.27. The number of fused-ring (bicyclic) bond motifs is 1. The van der Waals surface area contributed by atoms with Crippen molar-refractivity contribution in [1.82, 2.24) is 24.4 Å². The predicted molar refractivity (Wildman–Crippen MR) is 105 cm³/mol. The Balaban J connectivity index is 1.36. The van der Waals surface area contributed by atoms with E-state index in [1.54, 1.807) is 47.3 Å². The van der Waals surface area contributed by atoms with E-state index in [9.17, 15) is 13.2 Å². The first-order chi connectivity index (χ1) is 14.0. The Morgan fingerprint density at radius 1 is 1.17 bits per heavy atom. The molecule has 1 aliphatic heterocycles. The minimum Gasteiger partial charge on any atom is -0.381 e. The Morgan fingerprint density at radius 3 is 2.69 bits per heavy atom. The van der Waals surface area contributed by atoms with Crippen LogP contribution in [0.3, 0.4) is 0 Å². The molecule has 0 spiro atoms. The maximum Gasteiger partial charge on any atom is 0.254 e. The standard InChI is InChI=1S/C19H21N5O4S/c25-18(15-12-22-19-20-7-8-24(19)13-15)21-11-14-1-3-17(4-2-14)29(26,27)23-16-5-9-28-10-6-16/h1-4,7-8,12-13,16,23H,5-6,9-11H2,(H,21,25). The van der Waals surface area contributed by atoms with Crippen molar-refractivity contribution < 1.29 is 17.9 Å². The zero-order valence-electron chi connectivity index (χ0n) is 15.6. The second kappa shape index (κ2) is 8.27. The topological polar surface area (TPSA) is 115 Å². The summed E-state index contributed by atoms with van der Waals surface area (Å²) in [5.41, 5.74) is 1.20. The molecule has 152 valence electrons. The largest absolute Gasteiger partial charge is 0.381 e. The van der Waals surface area contributed by atoms with Crippen LogP contribution in [0.4, 0.5) is 0 Å². The van der Waals surface area contributed by atoms with E-state index in [2.05, 4.69) is 20.0 Å². The molecule has 0 saturated carbocycles. The van der Waals surface area contributed by atoms with E-state index < -0.39 is 10.0 Å². The first kappa shape index (κ1) is 19.5. The van der Waals surface area contributed by atoms with Crippen molar-refractivity contribution in [1.29, 1.82) is 0 Å². The van der Waals surface area contributed by atoms with Crippen LogP contribution >= 0.6 is 0 Å². The van der Waals surface area contributed by atoms with Gasteiger partial charge < -0.3 is 10.1 Å². The summed E-state index contributed by atoms with van der Waals surface area (Å²) < 4.78 is 34.7. The molecule has 29 heavy (non-hydrogen) atoms. The summed E-state index contributed by atoms with van der Waals surface area (Å²) in [5, 5.41) is 2.80. The highest BCUT2D eigenvalue weighted by Crippen LogP contribution is 2.14. The average molecular weight is 415 g/mol. The van der Waals surface area contributed by atoms with Gasteiger partial charge in [0.2, 0.25) is 15.8 Å². The lowest BCUT2D eigenvalue weighted by Crippen LogP contribution is -2.38. The highest BCUT2D eigenvalue weighted by molar-refractivity contribution is 7.89. The minimum absolute atomic E-state index is 0.103. The van der Waals surface area contributed by atoms with Gasteiger partial charge in [-0.15, -0.1) is 0 Å². The Bertz CT molecular complexity index is 1110. The molecule has 0 aliphatic carbocycles. The molecule has 1 aliphatic rings. The lowest BCUT2D eigenvalue weighted by atomic mass is 10.1. The number of nitrogens with one attached hydrogen (secondary N) is 2. The zero-order chi connectivity index (χ0) is 20.3. The molecular formula is C19H21N5O4S. The van der Waals surface area contributed by atoms with Crippen LogP contribution < -0.4 is 10.0 Å². The van der Waals surface area contributed by atoms with Gasteiger partial charge in [-0.25, -0.2) is 23.1 Å². The zero-order valence-corrected chi connectivity index (χ0v) is 16.4. The van der Waals surface area contributed by atoms with E-state index in [0.29, 0.717) is 37.4 Å². The number of carbonyl (C=O) groups is 1. The van der Waals surface area contributed by atoms with Crippen molar-refractivity contribution in [3.8, 4) is 0 Å². The molecule has 4 rings (SSSR count). The summed E-state index contributed by atoms with van der Waals surface area (Å²) in [7, 11) is -3.58. The smallest absolute Gasteiger partial charge is 0.254 e. The number of rotatable bonds is 6. The molecule has 0 atom stereocenters. The quantitative estimate of drug-likeness (QED) is 0.623. The summed E-state index contributed by atoms with van der Waals surface area (Å²) in [4.78, 5) is 20.7. The van der Waals surface area contributed by atoms with Crippen LogP contribution in [0, 0.1) is 0 Å². The van der Waals surface area contributed by atoms with E-state index in [-0.39, 0.29) is 23.4 Å². The van der Waals surface area contributed by atoms with Gasteiger partial charge in [0, 0.05) is 50.6 Å². The Kier molecular flexibility index (Phi) is 5.56. The van der Waals surface area contributed by atoms with Gasteiger partial charge in [0.25, 0.3) is 5.91 Å². The number of benzene rings is 1. The lowest BCUT2D eigenvalue weighted by Gasteiger charge is -2.23. The summed E-state index contributed by atoms with van der Waals surface area (Å²) in [5.74, 6) is 0.249. The van der Waals surface area contributed by atoms with Crippen molar-refractivity contribution >= 4 is 21.7 Å². The van der Waals surface area contributed by atoms with Crippen molar-refractivity contribution in [3.63, 3.8) is 0 Å². The van der Waals surface area contributed by atoms with Crippen LogP contribution in [0.5, 0.6) is 0 Å². The molecule has 0 radical (unpaired) electrons. The van der Waals surface area contributed by atoms with Crippen LogP contribution in [0.2, 0.25) is 0 Å². The van der Waals surface area contributed by atoms with E-state index >= 15 is 0 Å². The maximum atomic E-state index is 12.5. The summed E-state index contributed by atoms with van der Waals surface area (Å²) in [6.07, 6.45) is 7.78. The number of carbonyl (C=O) groups excluding carboxylic acids is 1. The van der Waals surface area contributed by atoms with Crippen molar-refractivity contribution in [2.45, 2.75) is 30.3 Å². The Morgan fingerprint density at radius 2 is 1.93 bits per heavy atom. The maximum absolute atomic E-state index is 12.5. The highest BCUT2D eigenvalue weighted by atomic mass is 32.2. The van der Waals surface area contributed by atoms with Crippen LogP contribution in [-0.2, 0) is 21.3 Å². The van der Waals surface area contributed by atoms with Gasteiger partial charge >= 0.3 is 0 Å². The average Bonchev–Trinajstić information content (AvgIpc) is 3.20. The monoisotopic (exact) mass is 415 g/mol. The third kappa shape index (κ3) is 4.61. The molecule has 2 aromatic heterocycles. The molecule has 0 unspecified atom stereocenters. The summed E-state index contributed by atoms with van der Waals surface area (Å²) >= 11 is 0. The second-order valence-electron chi connectivity index (χ2n) is 6.81. The molecule has 9 nitrogen and oxygen atoms in total. The van der Waals surface area contributed by atoms with Gasteiger partial charge in [0.15, 0.2) is 0 Å². The molecule has 1 saturated heterocycles. The van der Waals surface area contributed by atoms with Gasteiger partial charge in [-0.05, 0) is 30.5 Å². The van der Waals surface area contributed by atoms with Crippen molar-refractivity contribution in [2.75, 3.05) is 13.2 Å². The lowest BCUT2D eigenvalue weighted by molar-refractivity contribution is 0.0832. The van der Waals surface area contributed by atoms with E-state index in [4.69, 9.17) is 4.74 Å². The molecule has 2 N–H and O–H groups in total. The molecule has 1 fully saturated rings. The predicted octanol–water partition coefficient (Wildman–Crippen LogP) is 1.12. The van der Waals surface area contributed by atoms with Gasteiger partial charge in [0.05, 0.1) is 10.5 Å². The number of nitrogens with zero attached hydrogens (tertiary/aromatic N) is 3. The van der Waals surface area contributed by atoms with Crippen molar-refractivity contribution in [3.05, 3.63) is 60.2 Å². The number of aromatic nitrogens is 3. The second-order valence-corrected chi connectivity index (χ2v) is 8.53. The number of amides is 1. The molecular weight excluding hydrogens is 394 g/mol. The number of hydrogen-bond donors (Lipinski definition) is 2. The summed E-state index contributed by atoms with van der Waals surface area (Å²) in [6, 6.07) is 6.37. The number of hydrogen-bond acceptors (Lipinski definition) is 6. The normalized spacial score (nSPS) is 15.4. The minimum atomic E-state index is -3.58. The van der Waals surface area contributed by atoms with Crippen molar-refractivity contribution in [2.24, 2.45) is 0 Å². The Hall–Kier alpha value is -2.82. The molecule has 3 aromatic rings. The molecule has 0 bridgehead atoms. The number of imidazole rings is 1. The molecule has 1 aromatic carbocycles. The molecule has 10 heteroatoms. The fourth-order valence-corrected chi connectivity index (χ4v) is 4.41. The molecule has 1 amide bonds. The van der Waals surface area contributed by atoms with Gasteiger partial charge in [-0.2, -0.15) is 0 Å². The SMILES string of the molecule is O=C(NCc1ccc(S(=O)(=O)NC2CCOCC2)cc1)c1cnc2nccn2c1. The van der Waals surface area contributed by atoms with E-state index in [1.165, 1.54) is 6.20 Å². The van der Waals surface area contributed by atoms with Crippen LogP contribution in [0.15, 0.2) is 53.9 Å². The fourth-order valence-electron chi connectivity index (χ4n) is 3.11. The highest BCUT2D eigenvalue weighted by Gasteiger charge is 2.22. The molecule has 3 heterocycles. The van der Waals surface area contributed by atoms with E-state index in [1.807, 2.05) is 0 Å². The Labute approximate surface area is 168 Å².